The Bertz CT molecular complexity index is 556. The summed E-state index contributed by atoms with van der Waals surface area (Å²) in [5.41, 5.74) is 1.01. The molecular weight excluding hydrogens is 446 g/mol. The molecule has 0 aliphatic carbocycles. The topological polar surface area (TPSA) is 21.3 Å². The maximum absolute atomic E-state index is 5.28. The van der Waals surface area contributed by atoms with E-state index in [-0.39, 0.29) is 0 Å². The Hall–Kier alpha value is -0.0400. The Labute approximate surface area is 135 Å². The largest absolute Gasteiger partial charge is 0.495 e. The van der Waals surface area contributed by atoms with Crippen LogP contribution in [0.25, 0.3) is 0 Å². The minimum absolute atomic E-state index is 0.791. The summed E-state index contributed by atoms with van der Waals surface area (Å²) in [7, 11) is 1.66. The molecule has 0 unspecified atom stereocenters. The molecule has 0 spiro atoms. The van der Waals surface area contributed by atoms with Crippen molar-refractivity contribution in [3.63, 3.8) is 0 Å². The monoisotopic (exact) mass is 453 g/mol. The van der Waals surface area contributed by atoms with E-state index in [0.29, 0.717) is 0 Å². The van der Waals surface area contributed by atoms with Gasteiger partial charge in [-0.1, -0.05) is 0 Å². The molecule has 96 valence electrons. The van der Waals surface area contributed by atoms with Crippen LogP contribution in [0.5, 0.6) is 5.75 Å². The number of benzene rings is 1. The standard InChI is InChI=1S/C12H10Br3NOS/c1-17-12-4-11(9(14)3-10(12)15)16-5-8-2-7(13)6-18-8/h2-4,6,16H,5H2,1H3. The zero-order chi connectivity index (χ0) is 13.1. The van der Waals surface area contributed by atoms with Crippen molar-refractivity contribution in [1.82, 2.24) is 0 Å². The van der Waals surface area contributed by atoms with Gasteiger partial charge in [0.15, 0.2) is 0 Å². The van der Waals surface area contributed by atoms with Gasteiger partial charge in [-0.05, 0) is 59.9 Å². The van der Waals surface area contributed by atoms with Gasteiger partial charge < -0.3 is 10.1 Å². The van der Waals surface area contributed by atoms with Gasteiger partial charge in [0.05, 0.1) is 17.3 Å². The maximum Gasteiger partial charge on any atom is 0.135 e. The summed E-state index contributed by atoms with van der Waals surface area (Å²) in [6.45, 7) is 0.791. The minimum atomic E-state index is 0.791. The number of rotatable bonds is 4. The van der Waals surface area contributed by atoms with Crippen molar-refractivity contribution in [2.24, 2.45) is 0 Å². The lowest BCUT2D eigenvalue weighted by Gasteiger charge is -2.11. The smallest absolute Gasteiger partial charge is 0.135 e. The van der Waals surface area contributed by atoms with Crippen LogP contribution in [-0.4, -0.2) is 7.11 Å². The van der Waals surface area contributed by atoms with Crippen molar-refractivity contribution in [1.29, 1.82) is 0 Å². The van der Waals surface area contributed by atoms with Crippen LogP contribution in [-0.2, 0) is 6.54 Å². The lowest BCUT2D eigenvalue weighted by Crippen LogP contribution is -1.99. The molecule has 1 aromatic carbocycles. The Kier molecular flexibility index (Phi) is 5.12. The van der Waals surface area contributed by atoms with Gasteiger partial charge in [-0.25, -0.2) is 0 Å². The molecule has 1 aromatic heterocycles. The summed E-state index contributed by atoms with van der Waals surface area (Å²) in [6.07, 6.45) is 0. The molecule has 0 amide bonds. The van der Waals surface area contributed by atoms with Crippen molar-refractivity contribution in [3.05, 3.63) is 41.9 Å². The van der Waals surface area contributed by atoms with E-state index < -0.39 is 0 Å². The molecule has 18 heavy (non-hydrogen) atoms. The molecule has 0 aliphatic rings. The van der Waals surface area contributed by atoms with E-state index in [2.05, 4.69) is 64.6 Å². The molecule has 0 saturated carbocycles. The van der Waals surface area contributed by atoms with Gasteiger partial charge in [0, 0.05) is 31.8 Å². The van der Waals surface area contributed by atoms with Crippen LogP contribution in [0.3, 0.4) is 0 Å². The molecule has 1 N–H and O–H groups in total. The molecule has 0 fully saturated rings. The van der Waals surface area contributed by atoms with Crippen LogP contribution in [0.4, 0.5) is 5.69 Å². The van der Waals surface area contributed by atoms with Crippen molar-refractivity contribution < 1.29 is 4.74 Å². The van der Waals surface area contributed by atoms with Gasteiger partial charge in [-0.3, -0.25) is 0 Å². The summed E-state index contributed by atoms with van der Waals surface area (Å²) in [5, 5.41) is 5.46. The van der Waals surface area contributed by atoms with E-state index in [9.17, 15) is 0 Å². The molecule has 0 aliphatic heterocycles. The summed E-state index contributed by atoms with van der Waals surface area (Å²) in [6, 6.07) is 6.06. The molecule has 1 heterocycles. The van der Waals surface area contributed by atoms with Gasteiger partial charge in [0.25, 0.3) is 0 Å². The fourth-order valence-corrected chi connectivity index (χ4v) is 4.14. The van der Waals surface area contributed by atoms with E-state index in [1.165, 1.54) is 4.88 Å². The molecule has 6 heteroatoms. The lowest BCUT2D eigenvalue weighted by molar-refractivity contribution is 0.412. The fourth-order valence-electron chi connectivity index (χ4n) is 1.45. The fraction of sp³-hybridized carbons (Fsp3) is 0.167. The Morgan fingerprint density at radius 2 is 1.94 bits per heavy atom. The number of anilines is 1. The first kappa shape index (κ1) is 14.4. The first-order chi connectivity index (χ1) is 8.60. The molecule has 0 atom stereocenters. The zero-order valence-corrected chi connectivity index (χ0v) is 15.0. The number of nitrogens with one attached hydrogen (secondary N) is 1. The number of hydrogen-bond acceptors (Lipinski definition) is 3. The molecular formula is C12H10Br3NOS. The van der Waals surface area contributed by atoms with Crippen LogP contribution in [0.2, 0.25) is 0 Å². The van der Waals surface area contributed by atoms with Crippen molar-refractivity contribution >= 4 is 64.8 Å². The van der Waals surface area contributed by atoms with E-state index >= 15 is 0 Å². The van der Waals surface area contributed by atoms with E-state index in [0.717, 1.165) is 31.4 Å². The SMILES string of the molecule is COc1cc(NCc2cc(Br)cs2)c(Br)cc1Br. The normalized spacial score (nSPS) is 10.4. The third kappa shape index (κ3) is 3.50. The van der Waals surface area contributed by atoms with Crippen LogP contribution in [0.15, 0.2) is 37.0 Å². The Morgan fingerprint density at radius 1 is 1.17 bits per heavy atom. The molecule has 0 radical (unpaired) electrons. The highest BCUT2D eigenvalue weighted by molar-refractivity contribution is 9.11. The third-order valence-corrected chi connectivity index (χ3v) is 5.29. The summed E-state index contributed by atoms with van der Waals surface area (Å²) in [5.74, 6) is 0.813. The number of methoxy groups -OCH3 is 1. The molecule has 2 nitrogen and oxygen atoms in total. The van der Waals surface area contributed by atoms with E-state index in [1.54, 1.807) is 18.4 Å². The van der Waals surface area contributed by atoms with Gasteiger partial charge in [0.2, 0.25) is 0 Å². The second-order valence-corrected chi connectivity index (χ2v) is 7.17. The quantitative estimate of drug-likeness (QED) is 0.642. The van der Waals surface area contributed by atoms with Gasteiger partial charge in [-0.2, -0.15) is 0 Å². The number of halogens is 3. The zero-order valence-electron chi connectivity index (χ0n) is 9.47. The van der Waals surface area contributed by atoms with E-state index in [4.69, 9.17) is 4.74 Å². The number of thiophene rings is 1. The Balaban J connectivity index is 2.13. The van der Waals surface area contributed by atoms with Crippen LogP contribution < -0.4 is 10.1 Å². The lowest BCUT2D eigenvalue weighted by atomic mass is 10.3. The van der Waals surface area contributed by atoms with Gasteiger partial charge in [-0.15, -0.1) is 11.3 Å². The summed E-state index contributed by atoms with van der Waals surface area (Å²) >= 11 is 12.2. The van der Waals surface area contributed by atoms with Crippen molar-refractivity contribution in [3.8, 4) is 5.75 Å². The minimum Gasteiger partial charge on any atom is -0.495 e. The van der Waals surface area contributed by atoms with E-state index in [1.807, 2.05) is 12.1 Å². The summed E-state index contributed by atoms with van der Waals surface area (Å²) in [4.78, 5) is 1.27. The molecule has 2 rings (SSSR count). The van der Waals surface area contributed by atoms with Crippen LogP contribution >= 0.6 is 59.1 Å². The Morgan fingerprint density at radius 3 is 2.56 bits per heavy atom. The second-order valence-electron chi connectivity index (χ2n) is 3.55. The first-order valence-corrected chi connectivity index (χ1v) is 8.36. The molecule has 2 aromatic rings. The first-order valence-electron chi connectivity index (χ1n) is 5.10. The van der Waals surface area contributed by atoms with Gasteiger partial charge in [0.1, 0.15) is 5.75 Å². The maximum atomic E-state index is 5.28. The van der Waals surface area contributed by atoms with Crippen LogP contribution in [0, 0.1) is 0 Å². The average molecular weight is 456 g/mol. The second kappa shape index (κ2) is 6.41. The molecule has 0 bridgehead atoms. The predicted octanol–water partition coefficient (Wildman–Crippen LogP) is 5.66. The van der Waals surface area contributed by atoms with Crippen molar-refractivity contribution in [2.75, 3.05) is 12.4 Å². The van der Waals surface area contributed by atoms with Crippen molar-refractivity contribution in [2.45, 2.75) is 6.54 Å². The predicted molar refractivity (Wildman–Crippen MR) is 87.7 cm³/mol. The number of ether oxygens (including phenoxy) is 1. The van der Waals surface area contributed by atoms with Crippen LogP contribution in [0.1, 0.15) is 4.88 Å². The number of hydrogen-bond donors (Lipinski definition) is 1. The average Bonchev–Trinajstić information content (AvgIpc) is 2.74. The van der Waals surface area contributed by atoms with Gasteiger partial charge >= 0.3 is 0 Å². The highest BCUT2D eigenvalue weighted by Gasteiger charge is 2.07. The highest BCUT2D eigenvalue weighted by Crippen LogP contribution is 2.35. The molecule has 0 saturated heterocycles. The summed E-state index contributed by atoms with van der Waals surface area (Å²) < 4.78 is 8.34. The third-order valence-electron chi connectivity index (χ3n) is 2.32. The highest BCUT2D eigenvalue weighted by atomic mass is 79.9.